The Kier molecular flexibility index (Phi) is 1.20. The summed E-state index contributed by atoms with van der Waals surface area (Å²) in [5.74, 6) is 0.0617. The maximum absolute atomic E-state index is 8.05. The van der Waals surface area contributed by atoms with Gasteiger partial charge in [-0.2, -0.15) is 4.99 Å². The van der Waals surface area contributed by atoms with Gasteiger partial charge in [0.25, 0.3) is 0 Å². The lowest BCUT2D eigenvalue weighted by Crippen LogP contribution is -1.99. The van der Waals surface area contributed by atoms with E-state index >= 15 is 0 Å². The van der Waals surface area contributed by atoms with Crippen LogP contribution >= 0.6 is 11.6 Å². The molecule has 8 heavy (non-hydrogen) atoms. The molecule has 0 saturated carbocycles. The van der Waals surface area contributed by atoms with Crippen molar-refractivity contribution in [2.45, 2.75) is 0 Å². The van der Waals surface area contributed by atoms with Crippen molar-refractivity contribution >= 4 is 28.9 Å². The van der Waals surface area contributed by atoms with E-state index in [1.165, 1.54) is 6.34 Å². The molecule has 1 aliphatic heterocycles. The number of hydrogen-bond acceptors (Lipinski definition) is 1. The van der Waals surface area contributed by atoms with Gasteiger partial charge in [0.1, 0.15) is 0 Å². The molecule has 0 aliphatic carbocycles. The van der Waals surface area contributed by atoms with Gasteiger partial charge in [-0.3, -0.25) is 0 Å². The van der Waals surface area contributed by atoms with E-state index in [4.69, 9.17) is 17.1 Å². The highest BCUT2D eigenvalue weighted by Crippen LogP contribution is 1.93. The first-order valence-corrected chi connectivity index (χ1v) is 2.20. The number of aliphatic imine (C=N–C) groups is 2. The smallest absolute Gasteiger partial charge is 0.440 e. The summed E-state index contributed by atoms with van der Waals surface area (Å²) in [6, 6.07) is 0. The summed E-state index contributed by atoms with van der Waals surface area (Å²) < 4.78 is 0. The van der Waals surface area contributed by atoms with Gasteiger partial charge in [-0.05, 0) is 4.99 Å². The molecule has 0 radical (unpaired) electrons. The Morgan fingerprint density at radius 1 is 1.75 bits per heavy atom. The molecule has 1 heterocycles. The summed E-state index contributed by atoms with van der Waals surface area (Å²) in [5.41, 5.74) is 8.05. The molecular formula is C3HClN4. The van der Waals surface area contributed by atoms with E-state index in [-0.39, 0.29) is 11.0 Å². The Morgan fingerprint density at radius 3 is 2.75 bits per heavy atom. The lowest BCUT2D eigenvalue weighted by molar-refractivity contribution is -0.00254. The van der Waals surface area contributed by atoms with E-state index < -0.39 is 0 Å². The molecule has 0 N–H and O–H groups in total. The first-order valence-electron chi connectivity index (χ1n) is 1.83. The minimum Gasteiger partial charge on any atom is -0.497 e. The van der Waals surface area contributed by atoms with Crippen molar-refractivity contribution in [3.8, 4) is 0 Å². The molecule has 0 atom stereocenters. The highest BCUT2D eigenvalue weighted by atomic mass is 35.5. The Labute approximate surface area is 50.1 Å². The standard InChI is InChI=1S/C3HClN4/c4-2-3(8-5)7-1-6-2/h1H. The third kappa shape index (κ3) is 0.665. The maximum Gasteiger partial charge on any atom is 0.440 e. The molecule has 0 aromatic carbocycles. The Bertz CT molecular complexity index is 209. The third-order valence-electron chi connectivity index (χ3n) is 0.630. The van der Waals surface area contributed by atoms with Crippen molar-refractivity contribution < 1.29 is 4.79 Å². The largest absolute Gasteiger partial charge is 0.497 e. The zero-order valence-electron chi connectivity index (χ0n) is 3.74. The molecule has 0 spiro atoms. The summed E-state index contributed by atoms with van der Waals surface area (Å²) in [6.45, 7) is 0. The zero-order valence-corrected chi connectivity index (χ0v) is 4.50. The molecule has 1 rings (SSSR count). The molecule has 0 fully saturated rings. The molecule has 0 aromatic heterocycles. The van der Waals surface area contributed by atoms with E-state index in [1.54, 1.807) is 0 Å². The third-order valence-corrected chi connectivity index (χ3v) is 0.897. The fourth-order valence-electron chi connectivity index (χ4n) is 0.312. The fourth-order valence-corrected chi connectivity index (χ4v) is 0.443. The quantitative estimate of drug-likeness (QED) is 0.333. The SMILES string of the molecule is [N-]=[N+]=C1N=CN=C1Cl. The maximum atomic E-state index is 8.05. The van der Waals surface area contributed by atoms with Crippen molar-refractivity contribution in [1.82, 2.24) is 0 Å². The van der Waals surface area contributed by atoms with Gasteiger partial charge < -0.3 is 10.3 Å². The second kappa shape index (κ2) is 1.86. The van der Waals surface area contributed by atoms with Gasteiger partial charge in [-0.1, -0.05) is 11.6 Å². The molecule has 0 saturated heterocycles. The topological polar surface area (TPSA) is 61.1 Å². The van der Waals surface area contributed by atoms with Gasteiger partial charge in [-0.25, -0.2) is 0 Å². The predicted octanol–water partition coefficient (Wildman–Crippen LogP) is 0.294. The number of hydrogen-bond donors (Lipinski definition) is 0. The van der Waals surface area contributed by atoms with Crippen LogP contribution in [0.4, 0.5) is 0 Å². The van der Waals surface area contributed by atoms with Crippen molar-refractivity contribution in [3.05, 3.63) is 5.53 Å². The number of amidine groups is 1. The molecule has 0 aromatic rings. The van der Waals surface area contributed by atoms with Gasteiger partial charge >= 0.3 is 5.84 Å². The van der Waals surface area contributed by atoms with Gasteiger partial charge in [0.2, 0.25) is 11.5 Å². The first kappa shape index (κ1) is 5.15. The van der Waals surface area contributed by atoms with Crippen LogP contribution in [0.15, 0.2) is 9.98 Å². The summed E-state index contributed by atoms with van der Waals surface area (Å²) >= 11 is 5.31. The van der Waals surface area contributed by atoms with E-state index in [9.17, 15) is 0 Å². The molecule has 0 bridgehead atoms. The minimum atomic E-state index is 0.0617. The molecule has 1 aliphatic rings. The Morgan fingerprint density at radius 2 is 2.50 bits per heavy atom. The fraction of sp³-hybridized carbons (Fsp3) is 0. The second-order valence-electron chi connectivity index (χ2n) is 1.09. The van der Waals surface area contributed by atoms with Gasteiger partial charge in [0.15, 0.2) is 0 Å². The van der Waals surface area contributed by atoms with Crippen LogP contribution in [-0.2, 0) is 0 Å². The van der Waals surface area contributed by atoms with Gasteiger partial charge in [0, 0.05) is 0 Å². The molecular weight excluding hydrogens is 128 g/mol. The van der Waals surface area contributed by atoms with Crippen LogP contribution in [0, 0.1) is 0 Å². The van der Waals surface area contributed by atoms with E-state index in [0.29, 0.717) is 0 Å². The van der Waals surface area contributed by atoms with Crippen LogP contribution in [0.5, 0.6) is 0 Å². The predicted molar refractivity (Wildman–Crippen MR) is 30.4 cm³/mol. The lowest BCUT2D eigenvalue weighted by Gasteiger charge is -1.69. The molecule has 0 amide bonds. The highest BCUT2D eigenvalue weighted by molar-refractivity contribution is 6.84. The molecule has 40 valence electrons. The number of rotatable bonds is 0. The van der Waals surface area contributed by atoms with Crippen LogP contribution in [0.25, 0.3) is 5.53 Å². The monoisotopic (exact) mass is 128 g/mol. The summed E-state index contributed by atoms with van der Waals surface area (Å²) in [5, 5.41) is 0.118. The second-order valence-corrected chi connectivity index (χ2v) is 1.45. The van der Waals surface area contributed by atoms with Crippen LogP contribution in [0.1, 0.15) is 0 Å². The van der Waals surface area contributed by atoms with E-state index in [1.807, 2.05) is 0 Å². The Hall–Kier alpha value is -0.990. The highest BCUT2D eigenvalue weighted by Gasteiger charge is 2.17. The molecule has 5 heteroatoms. The van der Waals surface area contributed by atoms with Crippen LogP contribution in [0.3, 0.4) is 0 Å². The summed E-state index contributed by atoms with van der Waals surface area (Å²) in [4.78, 5) is 9.69. The summed E-state index contributed by atoms with van der Waals surface area (Å²) in [7, 11) is 0. The lowest BCUT2D eigenvalue weighted by atomic mass is 10.7. The number of halogens is 1. The van der Waals surface area contributed by atoms with Crippen LogP contribution in [-0.4, -0.2) is 22.1 Å². The van der Waals surface area contributed by atoms with Crippen molar-refractivity contribution in [2.24, 2.45) is 9.98 Å². The van der Waals surface area contributed by atoms with Gasteiger partial charge in [-0.15, -0.1) is 0 Å². The molecule has 4 nitrogen and oxygen atoms in total. The van der Waals surface area contributed by atoms with Gasteiger partial charge in [0.05, 0.1) is 0 Å². The van der Waals surface area contributed by atoms with E-state index in [2.05, 4.69) is 14.8 Å². The normalized spacial score (nSPS) is 16.1. The average molecular weight is 129 g/mol. The number of nitrogens with zero attached hydrogens (tertiary/aromatic N) is 4. The van der Waals surface area contributed by atoms with Crippen LogP contribution < -0.4 is 0 Å². The zero-order chi connectivity index (χ0) is 5.98. The molecule has 0 unspecified atom stereocenters. The Balaban J connectivity index is 3.05. The van der Waals surface area contributed by atoms with Crippen LogP contribution in [0.2, 0.25) is 0 Å². The average Bonchev–Trinajstić information content (AvgIpc) is 2.14. The van der Waals surface area contributed by atoms with Crippen molar-refractivity contribution in [1.29, 1.82) is 0 Å². The summed E-state index contributed by atoms with van der Waals surface area (Å²) in [6.07, 6.45) is 1.22. The first-order chi connectivity index (χ1) is 3.84. The van der Waals surface area contributed by atoms with Crippen molar-refractivity contribution in [2.75, 3.05) is 0 Å². The van der Waals surface area contributed by atoms with Crippen molar-refractivity contribution in [3.63, 3.8) is 0 Å². The van der Waals surface area contributed by atoms with E-state index in [0.717, 1.165) is 0 Å². The minimum absolute atomic E-state index is 0.0617.